The fourth-order valence-corrected chi connectivity index (χ4v) is 1.47. The number of rotatable bonds is 7. The molecule has 0 heterocycles. The van der Waals surface area contributed by atoms with Gasteiger partial charge >= 0.3 is 5.97 Å². The summed E-state index contributed by atoms with van der Waals surface area (Å²) in [4.78, 5) is 11.3. The summed E-state index contributed by atoms with van der Waals surface area (Å²) in [6, 6.07) is 8.04. The van der Waals surface area contributed by atoms with Crippen LogP contribution in [0.1, 0.15) is 31.7 Å². The molecular formula is C14H21NO2. The lowest BCUT2D eigenvalue weighted by atomic mass is 10.2. The van der Waals surface area contributed by atoms with E-state index in [-0.39, 0.29) is 5.97 Å². The van der Waals surface area contributed by atoms with Gasteiger partial charge in [-0.05, 0) is 25.0 Å². The largest absolute Gasteiger partial charge is 0.466 e. The van der Waals surface area contributed by atoms with Crippen molar-refractivity contribution in [3.05, 3.63) is 29.8 Å². The minimum Gasteiger partial charge on any atom is -0.466 e. The number of aryl methyl sites for hydroxylation is 1. The lowest BCUT2D eigenvalue weighted by Crippen LogP contribution is -2.12. The van der Waals surface area contributed by atoms with Crippen molar-refractivity contribution in [3.8, 4) is 0 Å². The molecule has 0 aliphatic rings. The number of esters is 1. The summed E-state index contributed by atoms with van der Waals surface area (Å²) >= 11 is 0. The molecule has 0 fully saturated rings. The monoisotopic (exact) mass is 235 g/mol. The SMILES string of the molecule is CCCCOC(=O)CCNc1ccccc1C. The number of nitrogens with one attached hydrogen (secondary N) is 1. The molecule has 17 heavy (non-hydrogen) atoms. The van der Waals surface area contributed by atoms with Gasteiger partial charge in [0.2, 0.25) is 0 Å². The van der Waals surface area contributed by atoms with Gasteiger partial charge < -0.3 is 10.1 Å². The average Bonchev–Trinajstić information content (AvgIpc) is 2.32. The second kappa shape index (κ2) is 7.71. The number of para-hydroxylation sites is 1. The molecule has 0 radical (unpaired) electrons. The predicted molar refractivity (Wildman–Crippen MR) is 70.2 cm³/mol. The summed E-state index contributed by atoms with van der Waals surface area (Å²) in [6.07, 6.45) is 2.41. The van der Waals surface area contributed by atoms with E-state index in [2.05, 4.69) is 12.2 Å². The average molecular weight is 235 g/mol. The summed E-state index contributed by atoms with van der Waals surface area (Å²) in [7, 11) is 0. The van der Waals surface area contributed by atoms with Gasteiger partial charge in [0, 0.05) is 12.2 Å². The molecular weight excluding hydrogens is 214 g/mol. The summed E-state index contributed by atoms with van der Waals surface area (Å²) in [5.74, 6) is -0.125. The van der Waals surface area contributed by atoms with Crippen molar-refractivity contribution < 1.29 is 9.53 Å². The number of hydrogen-bond donors (Lipinski definition) is 1. The Morgan fingerprint density at radius 2 is 2.12 bits per heavy atom. The molecule has 0 saturated heterocycles. The Labute approximate surface area is 103 Å². The van der Waals surface area contributed by atoms with Crippen LogP contribution in [0.4, 0.5) is 5.69 Å². The third-order valence-corrected chi connectivity index (χ3v) is 2.55. The predicted octanol–water partition coefficient (Wildman–Crippen LogP) is 3.14. The molecule has 3 nitrogen and oxygen atoms in total. The van der Waals surface area contributed by atoms with E-state index in [0.29, 0.717) is 19.6 Å². The first-order valence-electron chi connectivity index (χ1n) is 6.19. The van der Waals surface area contributed by atoms with Gasteiger partial charge in [-0.3, -0.25) is 4.79 Å². The van der Waals surface area contributed by atoms with Crippen molar-refractivity contribution in [2.24, 2.45) is 0 Å². The van der Waals surface area contributed by atoms with Crippen molar-refractivity contribution in [1.29, 1.82) is 0 Å². The van der Waals surface area contributed by atoms with Crippen LogP contribution in [0.2, 0.25) is 0 Å². The van der Waals surface area contributed by atoms with E-state index < -0.39 is 0 Å². The zero-order valence-corrected chi connectivity index (χ0v) is 10.7. The van der Waals surface area contributed by atoms with Crippen LogP contribution in [0.3, 0.4) is 0 Å². The van der Waals surface area contributed by atoms with Crippen molar-refractivity contribution in [2.75, 3.05) is 18.5 Å². The first-order chi connectivity index (χ1) is 8.24. The zero-order chi connectivity index (χ0) is 12.5. The van der Waals surface area contributed by atoms with E-state index >= 15 is 0 Å². The number of carbonyl (C=O) groups excluding carboxylic acids is 1. The number of ether oxygens (including phenoxy) is 1. The van der Waals surface area contributed by atoms with E-state index in [1.807, 2.05) is 31.2 Å². The molecule has 0 aliphatic heterocycles. The summed E-state index contributed by atoms with van der Waals surface area (Å²) in [6.45, 7) is 5.28. The zero-order valence-electron chi connectivity index (χ0n) is 10.7. The number of benzene rings is 1. The van der Waals surface area contributed by atoms with Crippen LogP contribution in [0.25, 0.3) is 0 Å². The second-order valence-corrected chi connectivity index (χ2v) is 4.07. The number of carbonyl (C=O) groups is 1. The molecule has 94 valence electrons. The number of anilines is 1. The Hall–Kier alpha value is -1.51. The van der Waals surface area contributed by atoms with Gasteiger partial charge in [0.25, 0.3) is 0 Å². The molecule has 0 atom stereocenters. The maximum atomic E-state index is 11.3. The first-order valence-corrected chi connectivity index (χ1v) is 6.19. The molecule has 0 aliphatic carbocycles. The first kappa shape index (κ1) is 13.6. The van der Waals surface area contributed by atoms with Gasteiger partial charge in [-0.15, -0.1) is 0 Å². The van der Waals surface area contributed by atoms with Gasteiger partial charge in [-0.25, -0.2) is 0 Å². The molecule has 0 saturated carbocycles. The molecule has 1 N–H and O–H groups in total. The van der Waals surface area contributed by atoms with E-state index in [1.165, 1.54) is 5.56 Å². The smallest absolute Gasteiger partial charge is 0.307 e. The van der Waals surface area contributed by atoms with Crippen LogP contribution in [0.5, 0.6) is 0 Å². The highest BCUT2D eigenvalue weighted by Gasteiger charge is 2.02. The Morgan fingerprint density at radius 3 is 2.82 bits per heavy atom. The molecule has 0 bridgehead atoms. The van der Waals surface area contributed by atoms with E-state index in [4.69, 9.17) is 4.74 Å². The normalized spacial score (nSPS) is 10.0. The van der Waals surface area contributed by atoms with Gasteiger partial charge in [0.1, 0.15) is 0 Å². The van der Waals surface area contributed by atoms with Crippen LogP contribution >= 0.6 is 0 Å². The van der Waals surface area contributed by atoms with Crippen LogP contribution in [-0.2, 0) is 9.53 Å². The fraction of sp³-hybridized carbons (Fsp3) is 0.500. The van der Waals surface area contributed by atoms with E-state index in [9.17, 15) is 4.79 Å². The quantitative estimate of drug-likeness (QED) is 0.583. The van der Waals surface area contributed by atoms with Crippen molar-refractivity contribution in [2.45, 2.75) is 33.1 Å². The molecule has 3 heteroatoms. The summed E-state index contributed by atoms with van der Waals surface area (Å²) in [5, 5.41) is 3.23. The van der Waals surface area contributed by atoms with Crippen LogP contribution in [0.15, 0.2) is 24.3 Å². The van der Waals surface area contributed by atoms with Crippen molar-refractivity contribution in [3.63, 3.8) is 0 Å². The highest BCUT2D eigenvalue weighted by molar-refractivity contribution is 5.70. The van der Waals surface area contributed by atoms with Gasteiger partial charge in [0.05, 0.1) is 13.0 Å². The van der Waals surface area contributed by atoms with Crippen molar-refractivity contribution >= 4 is 11.7 Å². The Bertz CT molecular complexity index is 350. The Kier molecular flexibility index (Phi) is 6.15. The third-order valence-electron chi connectivity index (χ3n) is 2.55. The molecule has 0 unspecified atom stereocenters. The maximum Gasteiger partial charge on any atom is 0.307 e. The Morgan fingerprint density at radius 1 is 1.35 bits per heavy atom. The molecule has 1 aromatic carbocycles. The van der Waals surface area contributed by atoms with Gasteiger partial charge in [-0.1, -0.05) is 31.5 Å². The highest BCUT2D eigenvalue weighted by atomic mass is 16.5. The molecule has 0 aromatic heterocycles. The van der Waals surface area contributed by atoms with Gasteiger partial charge in [0.15, 0.2) is 0 Å². The maximum absolute atomic E-state index is 11.3. The molecule has 1 rings (SSSR count). The highest BCUT2D eigenvalue weighted by Crippen LogP contribution is 2.12. The van der Waals surface area contributed by atoms with Crippen LogP contribution < -0.4 is 5.32 Å². The summed E-state index contributed by atoms with van der Waals surface area (Å²) < 4.78 is 5.07. The molecule has 0 amide bonds. The lowest BCUT2D eigenvalue weighted by Gasteiger charge is -2.09. The van der Waals surface area contributed by atoms with Crippen molar-refractivity contribution in [1.82, 2.24) is 0 Å². The lowest BCUT2D eigenvalue weighted by molar-refractivity contribution is -0.143. The third kappa shape index (κ3) is 5.38. The standard InChI is InChI=1S/C14H21NO2/c1-3-4-11-17-14(16)9-10-15-13-8-6-5-7-12(13)2/h5-8,15H,3-4,9-11H2,1-2H3. The van der Waals surface area contributed by atoms with Crippen LogP contribution in [-0.4, -0.2) is 19.1 Å². The molecule has 0 spiro atoms. The fourth-order valence-electron chi connectivity index (χ4n) is 1.47. The van der Waals surface area contributed by atoms with Gasteiger partial charge in [-0.2, -0.15) is 0 Å². The minimum atomic E-state index is -0.125. The van der Waals surface area contributed by atoms with E-state index in [1.54, 1.807) is 0 Å². The van der Waals surface area contributed by atoms with Crippen LogP contribution in [0, 0.1) is 6.92 Å². The Balaban J connectivity index is 2.19. The number of unbranched alkanes of at least 4 members (excludes halogenated alkanes) is 1. The second-order valence-electron chi connectivity index (χ2n) is 4.07. The molecule has 1 aromatic rings. The summed E-state index contributed by atoms with van der Waals surface area (Å²) in [5.41, 5.74) is 2.26. The number of hydrogen-bond acceptors (Lipinski definition) is 3. The minimum absolute atomic E-state index is 0.125. The van der Waals surface area contributed by atoms with E-state index in [0.717, 1.165) is 18.5 Å². The topological polar surface area (TPSA) is 38.3 Å².